The summed E-state index contributed by atoms with van der Waals surface area (Å²) in [6.45, 7) is 3.87. The van der Waals surface area contributed by atoms with Gasteiger partial charge in [0.1, 0.15) is 10.6 Å². The summed E-state index contributed by atoms with van der Waals surface area (Å²) in [6.07, 6.45) is 0.235. The summed E-state index contributed by atoms with van der Waals surface area (Å²) in [7, 11) is -4.56. The monoisotopic (exact) mass is 609 g/mol. The van der Waals surface area contributed by atoms with Crippen LogP contribution in [0.4, 0.5) is 17.1 Å². The molecule has 0 radical (unpaired) electrons. The average Bonchev–Trinajstić information content (AvgIpc) is 2.88. The zero-order chi connectivity index (χ0) is 28.3. The van der Waals surface area contributed by atoms with Crippen molar-refractivity contribution in [1.29, 1.82) is 0 Å². The molecule has 4 aromatic rings. The van der Waals surface area contributed by atoms with Gasteiger partial charge >= 0.3 is 29.6 Å². The van der Waals surface area contributed by atoms with Gasteiger partial charge in [0.05, 0.1) is 28.0 Å². The van der Waals surface area contributed by atoms with Gasteiger partial charge in [-0.05, 0) is 54.6 Å². The summed E-state index contributed by atoms with van der Waals surface area (Å²) < 4.78 is 38.5. The number of aryl methyl sites for hydroxylation is 1. The van der Waals surface area contributed by atoms with Gasteiger partial charge in [0, 0.05) is 22.7 Å². The first-order chi connectivity index (χ1) is 18.5. The van der Waals surface area contributed by atoms with E-state index in [0.717, 1.165) is 0 Å². The van der Waals surface area contributed by atoms with E-state index in [2.05, 4.69) is 15.5 Å². The van der Waals surface area contributed by atoms with Crippen molar-refractivity contribution < 1.29 is 57.2 Å². The molecule has 40 heavy (non-hydrogen) atoms. The van der Waals surface area contributed by atoms with Gasteiger partial charge in [-0.1, -0.05) is 60.1 Å². The van der Waals surface area contributed by atoms with Crippen LogP contribution in [0.15, 0.2) is 75.8 Å². The fourth-order valence-corrected chi connectivity index (χ4v) is 5.51. The van der Waals surface area contributed by atoms with E-state index in [1.54, 1.807) is 56.3 Å². The molecule has 13 heteroatoms. The number of benzene rings is 4. The minimum Gasteiger partial charge on any atom is -0.870 e. The molecule has 0 atom stereocenters. The SMILES string of the molecule is CCOc1cc(NC(=O)c2cc3ccccc3c(N=Nc3cc(Cl)c(S(=O)(=O)O)c(CC)c3)c2[O-])ccc1Cl.[Na+]. The molecule has 0 aliphatic heterocycles. The van der Waals surface area contributed by atoms with E-state index in [4.69, 9.17) is 27.9 Å². The predicted molar refractivity (Wildman–Crippen MR) is 149 cm³/mol. The number of fused-ring (bicyclic) bond motifs is 1. The standard InChI is InChI=1S/C27H23Cl2N3O6S.Na/c1-3-15-11-18(13-22(29)26(15)39(35,36)37)31-32-24-19-8-6-5-7-16(19)12-20(25(24)33)27(34)30-17-9-10-21(28)23(14-17)38-4-2;/h5-14,33H,3-4H2,1-2H3,(H,30,34)(H,35,36,37);/q;+1/p-1. The van der Waals surface area contributed by atoms with E-state index in [1.807, 2.05) is 0 Å². The second-order valence-corrected chi connectivity index (χ2v) is 10.5. The minimum absolute atomic E-state index is 0. The second kappa shape index (κ2) is 13.3. The number of hydrogen-bond acceptors (Lipinski definition) is 7. The van der Waals surface area contributed by atoms with Crippen molar-refractivity contribution in [2.75, 3.05) is 11.9 Å². The molecule has 0 saturated heterocycles. The molecule has 0 heterocycles. The smallest absolute Gasteiger partial charge is 0.870 e. The molecule has 0 unspecified atom stereocenters. The van der Waals surface area contributed by atoms with E-state index in [0.29, 0.717) is 33.8 Å². The minimum atomic E-state index is -4.56. The fraction of sp³-hybridized carbons (Fsp3) is 0.148. The quantitative estimate of drug-likeness (QED) is 0.175. The molecule has 0 saturated carbocycles. The van der Waals surface area contributed by atoms with Gasteiger partial charge < -0.3 is 15.2 Å². The van der Waals surface area contributed by atoms with Crippen molar-refractivity contribution >= 4 is 67.1 Å². The number of anilines is 1. The summed E-state index contributed by atoms with van der Waals surface area (Å²) >= 11 is 12.2. The number of halogens is 2. The molecular weight excluding hydrogens is 588 g/mol. The van der Waals surface area contributed by atoms with Crippen LogP contribution in [0, 0.1) is 0 Å². The molecule has 0 aliphatic rings. The Balaban J connectivity index is 0.00000441. The predicted octanol–water partition coefficient (Wildman–Crippen LogP) is 4.10. The fourth-order valence-electron chi connectivity index (χ4n) is 3.97. The number of nitrogens with one attached hydrogen (secondary N) is 1. The maximum Gasteiger partial charge on any atom is 1.00 e. The number of amides is 1. The van der Waals surface area contributed by atoms with Gasteiger partial charge in [-0.25, -0.2) is 0 Å². The zero-order valence-corrected chi connectivity index (χ0v) is 26.1. The second-order valence-electron chi connectivity index (χ2n) is 8.30. The van der Waals surface area contributed by atoms with E-state index in [-0.39, 0.29) is 63.5 Å². The molecule has 202 valence electrons. The summed E-state index contributed by atoms with van der Waals surface area (Å²) in [4.78, 5) is 12.8. The van der Waals surface area contributed by atoms with Gasteiger partial charge in [0.25, 0.3) is 16.0 Å². The zero-order valence-electron chi connectivity index (χ0n) is 21.7. The molecule has 4 aromatic carbocycles. The average molecular weight is 610 g/mol. The first kappa shape index (κ1) is 31.8. The van der Waals surface area contributed by atoms with Gasteiger partial charge in [-0.15, -0.1) is 0 Å². The van der Waals surface area contributed by atoms with E-state index in [1.165, 1.54) is 18.2 Å². The number of carbonyl (C=O) groups is 1. The van der Waals surface area contributed by atoms with Gasteiger partial charge in [-0.3, -0.25) is 9.35 Å². The molecule has 0 spiro atoms. The van der Waals surface area contributed by atoms with E-state index in [9.17, 15) is 22.9 Å². The molecule has 0 bridgehead atoms. The molecule has 1 amide bonds. The third kappa shape index (κ3) is 6.95. The molecule has 0 fully saturated rings. The number of nitrogens with zero attached hydrogens (tertiary/aromatic N) is 2. The number of carbonyl (C=O) groups excluding carboxylic acids is 1. The molecule has 0 aromatic heterocycles. The van der Waals surface area contributed by atoms with Gasteiger partial charge in [0.2, 0.25) is 0 Å². The maximum absolute atomic E-state index is 13.4. The third-order valence-electron chi connectivity index (χ3n) is 5.72. The van der Waals surface area contributed by atoms with Crippen LogP contribution >= 0.6 is 23.2 Å². The molecule has 9 nitrogen and oxygen atoms in total. The summed E-state index contributed by atoms with van der Waals surface area (Å²) in [5.74, 6) is -0.941. The number of azo groups is 1. The van der Waals surface area contributed by atoms with Crippen LogP contribution < -0.4 is 44.7 Å². The van der Waals surface area contributed by atoms with Crippen molar-refractivity contribution in [2.45, 2.75) is 25.2 Å². The van der Waals surface area contributed by atoms with E-state index >= 15 is 0 Å². The Hall–Kier alpha value is -2.70. The largest absolute Gasteiger partial charge is 1.00 e. The van der Waals surface area contributed by atoms with Crippen LogP contribution in [-0.2, 0) is 16.5 Å². The third-order valence-corrected chi connectivity index (χ3v) is 7.44. The topological polar surface area (TPSA) is 140 Å². The Kier molecular flexibility index (Phi) is 10.6. The van der Waals surface area contributed by atoms with Crippen molar-refractivity contribution in [1.82, 2.24) is 0 Å². The molecule has 2 N–H and O–H groups in total. The Morgan fingerprint density at radius 2 is 1.75 bits per heavy atom. The number of ether oxygens (including phenoxy) is 1. The Bertz CT molecular complexity index is 1730. The number of hydrogen-bond donors (Lipinski definition) is 2. The van der Waals surface area contributed by atoms with Crippen LogP contribution in [0.3, 0.4) is 0 Å². The Labute approximate surface area is 263 Å². The first-order valence-electron chi connectivity index (χ1n) is 11.7. The van der Waals surface area contributed by atoms with Crippen LogP contribution in [0.1, 0.15) is 29.8 Å². The van der Waals surface area contributed by atoms with Crippen LogP contribution in [0.25, 0.3) is 10.8 Å². The Morgan fingerprint density at radius 3 is 2.42 bits per heavy atom. The van der Waals surface area contributed by atoms with Crippen LogP contribution in [-0.4, -0.2) is 25.5 Å². The summed E-state index contributed by atoms with van der Waals surface area (Å²) in [5, 5.41) is 25.6. The van der Waals surface area contributed by atoms with E-state index < -0.39 is 26.7 Å². The van der Waals surface area contributed by atoms with Gasteiger partial charge in [0.15, 0.2) is 0 Å². The molecule has 0 aliphatic carbocycles. The normalized spacial score (nSPS) is 11.4. The maximum atomic E-state index is 13.4. The first-order valence-corrected chi connectivity index (χ1v) is 13.9. The molecule has 4 rings (SSSR count). The van der Waals surface area contributed by atoms with Gasteiger partial charge in [-0.2, -0.15) is 18.6 Å². The van der Waals surface area contributed by atoms with Crippen LogP contribution in [0.2, 0.25) is 10.0 Å². The van der Waals surface area contributed by atoms with Crippen molar-refractivity contribution in [2.24, 2.45) is 10.2 Å². The van der Waals surface area contributed by atoms with Crippen molar-refractivity contribution in [3.63, 3.8) is 0 Å². The summed E-state index contributed by atoms with van der Waals surface area (Å²) in [6, 6.07) is 15.7. The summed E-state index contributed by atoms with van der Waals surface area (Å²) in [5.41, 5.74) is 0.520. The molecular formula is C27H22Cl2N3NaO6S. The Morgan fingerprint density at radius 1 is 1.02 bits per heavy atom. The van der Waals surface area contributed by atoms with Crippen molar-refractivity contribution in [3.8, 4) is 11.5 Å². The van der Waals surface area contributed by atoms with Crippen molar-refractivity contribution in [3.05, 3.63) is 81.8 Å². The van der Waals surface area contributed by atoms with Crippen LogP contribution in [0.5, 0.6) is 11.5 Å². The number of rotatable bonds is 8.